The van der Waals surface area contributed by atoms with Crippen LogP contribution < -0.4 is 4.90 Å². The summed E-state index contributed by atoms with van der Waals surface area (Å²) in [5, 5.41) is 4.75. The molecule has 0 aliphatic carbocycles. The van der Waals surface area contributed by atoms with Crippen molar-refractivity contribution in [2.45, 2.75) is 0 Å². The van der Waals surface area contributed by atoms with Gasteiger partial charge in [-0.25, -0.2) is 0 Å². The molecule has 36 heavy (non-hydrogen) atoms. The lowest BCUT2D eigenvalue weighted by Crippen LogP contribution is -2.10. The second-order valence-corrected chi connectivity index (χ2v) is 9.00. The van der Waals surface area contributed by atoms with E-state index < -0.39 is 0 Å². The van der Waals surface area contributed by atoms with Gasteiger partial charge in [0, 0.05) is 22.1 Å². The number of fused-ring (bicyclic) bond motifs is 4. The number of benzene rings is 6. The summed E-state index contributed by atoms with van der Waals surface area (Å²) >= 11 is 0. The molecule has 0 saturated heterocycles. The summed E-state index contributed by atoms with van der Waals surface area (Å²) in [4.78, 5) is 2.29. The van der Waals surface area contributed by atoms with Crippen LogP contribution in [0.5, 0.6) is 0 Å². The molecule has 170 valence electrons. The Hall–Kier alpha value is -4.82. The normalized spacial score (nSPS) is 11.3. The molecule has 2 heteroatoms. The fourth-order valence-corrected chi connectivity index (χ4v) is 5.20. The summed E-state index contributed by atoms with van der Waals surface area (Å²) in [6.07, 6.45) is 0. The second kappa shape index (κ2) is 8.44. The van der Waals surface area contributed by atoms with Gasteiger partial charge >= 0.3 is 0 Å². The Kier molecular flexibility index (Phi) is 4.82. The third-order valence-electron chi connectivity index (χ3n) is 6.84. The average Bonchev–Trinajstić information content (AvgIpc) is 3.33. The van der Waals surface area contributed by atoms with E-state index in [2.05, 4.69) is 132 Å². The predicted molar refractivity (Wildman–Crippen MR) is 151 cm³/mol. The minimum atomic E-state index is 0.887. The van der Waals surface area contributed by atoms with Crippen LogP contribution in [0.4, 0.5) is 17.1 Å². The highest BCUT2D eigenvalue weighted by Gasteiger charge is 2.19. The van der Waals surface area contributed by atoms with E-state index >= 15 is 0 Å². The average molecular weight is 462 g/mol. The SMILES string of the molecule is c1ccc(N(c2cccc(-c3cccc4ccccc34)c2)c2cccc3c2oc2ccccc23)cc1. The number of rotatable bonds is 4. The van der Waals surface area contributed by atoms with Crippen LogP contribution in [-0.2, 0) is 0 Å². The molecule has 0 N–H and O–H groups in total. The highest BCUT2D eigenvalue weighted by molar-refractivity contribution is 6.10. The van der Waals surface area contributed by atoms with Crippen LogP contribution in [0, 0.1) is 0 Å². The molecule has 7 aromatic rings. The third-order valence-corrected chi connectivity index (χ3v) is 6.84. The Morgan fingerprint density at radius 2 is 1.14 bits per heavy atom. The van der Waals surface area contributed by atoms with E-state index in [1.165, 1.54) is 21.9 Å². The van der Waals surface area contributed by atoms with E-state index in [9.17, 15) is 0 Å². The first-order chi connectivity index (χ1) is 17.9. The van der Waals surface area contributed by atoms with Crippen molar-refractivity contribution in [1.29, 1.82) is 0 Å². The number of anilines is 3. The molecule has 1 aromatic heterocycles. The zero-order valence-electron chi connectivity index (χ0n) is 19.6. The summed E-state index contributed by atoms with van der Waals surface area (Å²) in [5.41, 5.74) is 7.38. The van der Waals surface area contributed by atoms with Crippen LogP contribution in [0.15, 0.2) is 144 Å². The maximum absolute atomic E-state index is 6.44. The number of hydrogen-bond acceptors (Lipinski definition) is 2. The summed E-state index contributed by atoms with van der Waals surface area (Å²) in [5.74, 6) is 0. The number of hydrogen-bond donors (Lipinski definition) is 0. The summed E-state index contributed by atoms with van der Waals surface area (Å²) in [7, 11) is 0. The molecule has 6 aromatic carbocycles. The minimum absolute atomic E-state index is 0.887. The van der Waals surface area contributed by atoms with Crippen LogP contribution in [0.25, 0.3) is 43.8 Å². The topological polar surface area (TPSA) is 16.4 Å². The highest BCUT2D eigenvalue weighted by atomic mass is 16.3. The van der Waals surface area contributed by atoms with Crippen LogP contribution in [-0.4, -0.2) is 0 Å². The molecule has 0 aliphatic heterocycles. The first-order valence-electron chi connectivity index (χ1n) is 12.2. The zero-order chi connectivity index (χ0) is 23.9. The molecule has 0 amide bonds. The van der Waals surface area contributed by atoms with Crippen molar-refractivity contribution in [3.05, 3.63) is 140 Å². The third kappa shape index (κ3) is 3.35. The quantitative estimate of drug-likeness (QED) is 0.259. The lowest BCUT2D eigenvalue weighted by Gasteiger charge is -2.26. The van der Waals surface area contributed by atoms with Gasteiger partial charge in [0.05, 0.1) is 5.69 Å². The minimum Gasteiger partial charge on any atom is -0.454 e. The molecule has 0 spiro atoms. The first-order valence-corrected chi connectivity index (χ1v) is 12.2. The smallest absolute Gasteiger partial charge is 0.159 e. The lowest BCUT2D eigenvalue weighted by molar-refractivity contribution is 0.669. The molecule has 2 nitrogen and oxygen atoms in total. The Balaban J connectivity index is 1.47. The van der Waals surface area contributed by atoms with Crippen molar-refractivity contribution < 1.29 is 4.42 Å². The van der Waals surface area contributed by atoms with E-state index in [1.807, 2.05) is 12.1 Å². The van der Waals surface area contributed by atoms with Gasteiger partial charge in [-0.15, -0.1) is 0 Å². The molecule has 0 bridgehead atoms. The Morgan fingerprint density at radius 3 is 2.06 bits per heavy atom. The molecule has 0 aliphatic rings. The van der Waals surface area contributed by atoms with Crippen molar-refractivity contribution in [3.63, 3.8) is 0 Å². The number of para-hydroxylation sites is 3. The van der Waals surface area contributed by atoms with Gasteiger partial charge < -0.3 is 9.32 Å². The molecule has 0 radical (unpaired) electrons. The predicted octanol–water partition coefficient (Wildman–Crippen LogP) is 9.88. The van der Waals surface area contributed by atoms with Gasteiger partial charge in [-0.1, -0.05) is 103 Å². The maximum Gasteiger partial charge on any atom is 0.159 e. The van der Waals surface area contributed by atoms with Crippen molar-refractivity contribution >= 4 is 49.8 Å². The molecule has 1 heterocycles. The van der Waals surface area contributed by atoms with Crippen molar-refractivity contribution in [3.8, 4) is 11.1 Å². The number of nitrogens with zero attached hydrogens (tertiary/aromatic N) is 1. The van der Waals surface area contributed by atoms with Gasteiger partial charge in [-0.05, 0) is 58.3 Å². The van der Waals surface area contributed by atoms with Crippen LogP contribution in [0.1, 0.15) is 0 Å². The first kappa shape index (κ1) is 20.5. The Bertz CT molecular complexity index is 1840. The van der Waals surface area contributed by atoms with Crippen LogP contribution >= 0.6 is 0 Å². The molecule has 0 atom stereocenters. The molecule has 7 rings (SSSR count). The Morgan fingerprint density at radius 1 is 0.472 bits per heavy atom. The van der Waals surface area contributed by atoms with E-state index in [1.54, 1.807) is 0 Å². The van der Waals surface area contributed by atoms with Gasteiger partial charge in [-0.3, -0.25) is 0 Å². The fourth-order valence-electron chi connectivity index (χ4n) is 5.20. The van der Waals surface area contributed by atoms with Gasteiger partial charge in [0.15, 0.2) is 5.58 Å². The Labute approximate surface area is 209 Å². The number of furan rings is 1. The van der Waals surface area contributed by atoms with Crippen LogP contribution in [0.3, 0.4) is 0 Å². The molecular weight excluding hydrogens is 438 g/mol. The summed E-state index contributed by atoms with van der Waals surface area (Å²) < 4.78 is 6.44. The molecular formula is C34H23NO. The van der Waals surface area contributed by atoms with Gasteiger partial charge in [-0.2, -0.15) is 0 Å². The van der Waals surface area contributed by atoms with Crippen molar-refractivity contribution in [2.75, 3.05) is 4.90 Å². The zero-order valence-corrected chi connectivity index (χ0v) is 19.6. The lowest BCUT2D eigenvalue weighted by atomic mass is 9.97. The summed E-state index contributed by atoms with van der Waals surface area (Å²) in [6.45, 7) is 0. The highest BCUT2D eigenvalue weighted by Crippen LogP contribution is 2.43. The van der Waals surface area contributed by atoms with Crippen molar-refractivity contribution in [1.82, 2.24) is 0 Å². The standard InChI is InChI=1S/C34H23NO/c1-2-14-26(15-3-1)35(32-21-10-20-31-30-18-6-7-22-33(30)36-34(31)32)27-16-8-13-25(23-27)29-19-9-12-24-11-4-5-17-28(24)29/h1-23H. The van der Waals surface area contributed by atoms with E-state index in [0.717, 1.165) is 39.0 Å². The molecule has 0 saturated carbocycles. The van der Waals surface area contributed by atoms with E-state index in [4.69, 9.17) is 4.42 Å². The van der Waals surface area contributed by atoms with Crippen LogP contribution in [0.2, 0.25) is 0 Å². The second-order valence-electron chi connectivity index (χ2n) is 9.00. The van der Waals surface area contributed by atoms with E-state index in [-0.39, 0.29) is 0 Å². The fraction of sp³-hybridized carbons (Fsp3) is 0. The molecule has 0 fully saturated rings. The van der Waals surface area contributed by atoms with Gasteiger partial charge in [0.25, 0.3) is 0 Å². The molecule has 0 unspecified atom stereocenters. The summed E-state index contributed by atoms with van der Waals surface area (Å²) in [6, 6.07) is 49.0. The maximum atomic E-state index is 6.44. The monoisotopic (exact) mass is 461 g/mol. The van der Waals surface area contributed by atoms with Gasteiger partial charge in [0.2, 0.25) is 0 Å². The van der Waals surface area contributed by atoms with E-state index in [0.29, 0.717) is 0 Å². The largest absolute Gasteiger partial charge is 0.454 e. The van der Waals surface area contributed by atoms with Gasteiger partial charge in [0.1, 0.15) is 5.58 Å². The van der Waals surface area contributed by atoms with Crippen molar-refractivity contribution in [2.24, 2.45) is 0 Å².